The molecule has 4 N–H and O–H groups in total. The molecular weight excluding hydrogens is 238 g/mol. The van der Waals surface area contributed by atoms with Crippen molar-refractivity contribution in [3.05, 3.63) is 34.3 Å². The lowest BCUT2D eigenvalue weighted by atomic mass is 10.1. The van der Waals surface area contributed by atoms with Gasteiger partial charge in [-0.15, -0.1) is 0 Å². The van der Waals surface area contributed by atoms with Gasteiger partial charge in [0, 0.05) is 17.1 Å². The van der Waals surface area contributed by atoms with Crippen molar-refractivity contribution in [3.63, 3.8) is 0 Å². The van der Waals surface area contributed by atoms with Crippen molar-refractivity contribution in [1.29, 1.82) is 0 Å². The minimum atomic E-state index is -0.463. The molecule has 5 heteroatoms. The standard InChI is InChI=1S/C12H18ClN3O/c1-16(6-2-5-14)8-10-4-3-9(12(15)17)7-11(10)13/h3-4,7H,2,5-6,8,14H2,1H3,(H2,15,17). The molecule has 4 nitrogen and oxygen atoms in total. The SMILES string of the molecule is CN(CCCN)Cc1ccc(C(N)=O)cc1Cl. The Kier molecular flexibility index (Phi) is 5.41. The maximum absolute atomic E-state index is 11.0. The summed E-state index contributed by atoms with van der Waals surface area (Å²) in [6.07, 6.45) is 0.952. The Balaban J connectivity index is 2.69. The lowest BCUT2D eigenvalue weighted by Crippen LogP contribution is -2.21. The molecule has 1 amide bonds. The summed E-state index contributed by atoms with van der Waals surface area (Å²) < 4.78 is 0. The highest BCUT2D eigenvalue weighted by Crippen LogP contribution is 2.19. The van der Waals surface area contributed by atoms with E-state index in [0.717, 1.165) is 25.1 Å². The Morgan fingerprint density at radius 1 is 1.47 bits per heavy atom. The monoisotopic (exact) mass is 255 g/mol. The van der Waals surface area contributed by atoms with E-state index in [1.54, 1.807) is 12.1 Å². The highest BCUT2D eigenvalue weighted by molar-refractivity contribution is 6.31. The smallest absolute Gasteiger partial charge is 0.248 e. The molecule has 1 aromatic carbocycles. The van der Waals surface area contributed by atoms with Crippen molar-refractivity contribution in [2.45, 2.75) is 13.0 Å². The Bertz CT molecular complexity index is 395. The van der Waals surface area contributed by atoms with Crippen LogP contribution in [0.4, 0.5) is 0 Å². The number of hydrogen-bond acceptors (Lipinski definition) is 3. The summed E-state index contributed by atoms with van der Waals surface area (Å²) in [5, 5.41) is 0.570. The summed E-state index contributed by atoms with van der Waals surface area (Å²) in [6, 6.07) is 5.14. The molecule has 17 heavy (non-hydrogen) atoms. The van der Waals surface area contributed by atoms with Gasteiger partial charge in [0.05, 0.1) is 0 Å². The maximum atomic E-state index is 11.0. The van der Waals surface area contributed by atoms with Gasteiger partial charge in [-0.3, -0.25) is 4.79 Å². The Labute approximate surface area is 107 Å². The first-order valence-electron chi connectivity index (χ1n) is 5.51. The molecule has 0 heterocycles. The second-order valence-corrected chi connectivity index (χ2v) is 4.46. The van der Waals surface area contributed by atoms with Gasteiger partial charge < -0.3 is 16.4 Å². The van der Waals surface area contributed by atoms with E-state index < -0.39 is 5.91 Å². The van der Waals surface area contributed by atoms with Crippen LogP contribution < -0.4 is 11.5 Å². The molecule has 0 radical (unpaired) electrons. The maximum Gasteiger partial charge on any atom is 0.248 e. The molecule has 0 atom stereocenters. The van der Waals surface area contributed by atoms with Gasteiger partial charge in [-0.1, -0.05) is 17.7 Å². The number of carbonyl (C=O) groups is 1. The fourth-order valence-corrected chi connectivity index (χ4v) is 1.80. The first-order chi connectivity index (χ1) is 8.04. The molecule has 0 spiro atoms. The largest absolute Gasteiger partial charge is 0.366 e. The molecule has 0 aliphatic heterocycles. The molecule has 0 fully saturated rings. The van der Waals surface area contributed by atoms with Crippen molar-refractivity contribution in [1.82, 2.24) is 4.90 Å². The third kappa shape index (κ3) is 4.34. The Morgan fingerprint density at radius 3 is 2.71 bits per heavy atom. The van der Waals surface area contributed by atoms with Crippen LogP contribution in [0, 0.1) is 0 Å². The third-order valence-electron chi connectivity index (χ3n) is 2.52. The molecule has 0 unspecified atom stereocenters. The second-order valence-electron chi connectivity index (χ2n) is 4.05. The number of rotatable bonds is 6. The fraction of sp³-hybridized carbons (Fsp3) is 0.417. The van der Waals surface area contributed by atoms with Crippen molar-refractivity contribution < 1.29 is 4.79 Å². The van der Waals surface area contributed by atoms with E-state index in [1.807, 2.05) is 13.1 Å². The molecule has 0 aromatic heterocycles. The van der Waals surface area contributed by atoms with Crippen LogP contribution in [0.5, 0.6) is 0 Å². The number of halogens is 1. The molecule has 1 aromatic rings. The number of amides is 1. The number of hydrogen-bond donors (Lipinski definition) is 2. The van der Waals surface area contributed by atoms with E-state index in [9.17, 15) is 4.79 Å². The summed E-state index contributed by atoms with van der Waals surface area (Å²) in [6.45, 7) is 2.33. The van der Waals surface area contributed by atoms with Gasteiger partial charge in [0.2, 0.25) is 5.91 Å². The zero-order valence-electron chi connectivity index (χ0n) is 9.95. The third-order valence-corrected chi connectivity index (χ3v) is 2.87. The lowest BCUT2D eigenvalue weighted by molar-refractivity contribution is 0.100. The van der Waals surface area contributed by atoms with Crippen LogP contribution in [-0.4, -0.2) is 30.9 Å². The van der Waals surface area contributed by atoms with E-state index in [1.165, 1.54) is 0 Å². The van der Waals surface area contributed by atoms with Crippen LogP contribution in [0.1, 0.15) is 22.3 Å². The molecule has 0 aliphatic rings. The number of primary amides is 1. The minimum absolute atomic E-state index is 0.434. The van der Waals surface area contributed by atoms with Crippen LogP contribution in [0.15, 0.2) is 18.2 Å². The summed E-state index contributed by atoms with van der Waals surface area (Å²) in [7, 11) is 2.01. The summed E-state index contributed by atoms with van der Waals surface area (Å²) in [4.78, 5) is 13.1. The van der Waals surface area contributed by atoms with Gasteiger partial charge in [0.25, 0.3) is 0 Å². The van der Waals surface area contributed by atoms with Crippen molar-refractivity contribution >= 4 is 17.5 Å². The molecule has 0 aliphatic carbocycles. The number of nitrogens with zero attached hydrogens (tertiary/aromatic N) is 1. The van der Waals surface area contributed by atoms with E-state index in [2.05, 4.69) is 4.90 Å². The fourth-order valence-electron chi connectivity index (χ4n) is 1.56. The number of carbonyl (C=O) groups excluding carboxylic acids is 1. The molecule has 94 valence electrons. The van der Waals surface area contributed by atoms with Crippen LogP contribution in [0.3, 0.4) is 0 Å². The van der Waals surface area contributed by atoms with Crippen LogP contribution in [-0.2, 0) is 6.54 Å². The first kappa shape index (κ1) is 14.0. The van der Waals surface area contributed by atoms with Crippen LogP contribution in [0.2, 0.25) is 5.02 Å². The Morgan fingerprint density at radius 2 is 2.18 bits per heavy atom. The highest BCUT2D eigenvalue weighted by Gasteiger charge is 2.07. The summed E-state index contributed by atoms with van der Waals surface area (Å²) in [5.41, 5.74) is 12.0. The van der Waals surface area contributed by atoms with Crippen molar-refractivity contribution in [2.24, 2.45) is 11.5 Å². The normalized spacial score (nSPS) is 10.8. The lowest BCUT2D eigenvalue weighted by Gasteiger charge is -2.17. The summed E-state index contributed by atoms with van der Waals surface area (Å²) >= 11 is 6.09. The van der Waals surface area contributed by atoms with Crippen molar-refractivity contribution in [3.8, 4) is 0 Å². The van der Waals surface area contributed by atoms with Gasteiger partial charge >= 0.3 is 0 Å². The van der Waals surface area contributed by atoms with E-state index in [-0.39, 0.29) is 0 Å². The van der Waals surface area contributed by atoms with Crippen LogP contribution >= 0.6 is 11.6 Å². The van der Waals surface area contributed by atoms with E-state index in [0.29, 0.717) is 17.1 Å². The number of benzene rings is 1. The zero-order chi connectivity index (χ0) is 12.8. The molecule has 0 saturated carbocycles. The highest BCUT2D eigenvalue weighted by atomic mass is 35.5. The predicted molar refractivity (Wildman–Crippen MR) is 70.0 cm³/mol. The molecule has 0 saturated heterocycles. The average Bonchev–Trinajstić information content (AvgIpc) is 2.28. The first-order valence-corrected chi connectivity index (χ1v) is 5.89. The molecule has 0 bridgehead atoms. The minimum Gasteiger partial charge on any atom is -0.366 e. The summed E-state index contributed by atoms with van der Waals surface area (Å²) in [5.74, 6) is -0.463. The molecule has 1 rings (SSSR count). The zero-order valence-corrected chi connectivity index (χ0v) is 10.7. The van der Waals surface area contributed by atoms with E-state index in [4.69, 9.17) is 23.1 Å². The number of nitrogens with two attached hydrogens (primary N) is 2. The average molecular weight is 256 g/mol. The van der Waals surface area contributed by atoms with E-state index >= 15 is 0 Å². The molecular formula is C12H18ClN3O. The van der Waals surface area contributed by atoms with Gasteiger partial charge in [-0.05, 0) is 44.3 Å². The van der Waals surface area contributed by atoms with Gasteiger partial charge in [0.15, 0.2) is 0 Å². The van der Waals surface area contributed by atoms with Gasteiger partial charge in [-0.25, -0.2) is 0 Å². The Hall–Kier alpha value is -1.10. The predicted octanol–water partition coefficient (Wildman–Crippen LogP) is 1.22. The van der Waals surface area contributed by atoms with Crippen LogP contribution in [0.25, 0.3) is 0 Å². The quantitative estimate of drug-likeness (QED) is 0.803. The van der Waals surface area contributed by atoms with Gasteiger partial charge in [0.1, 0.15) is 0 Å². The van der Waals surface area contributed by atoms with Crippen molar-refractivity contribution in [2.75, 3.05) is 20.1 Å². The second kappa shape index (κ2) is 6.59. The topological polar surface area (TPSA) is 72.3 Å². The van der Waals surface area contributed by atoms with Gasteiger partial charge in [-0.2, -0.15) is 0 Å².